The third-order valence-electron chi connectivity index (χ3n) is 3.28. The average molecular weight is 335 g/mol. The summed E-state index contributed by atoms with van der Waals surface area (Å²) in [4.78, 5) is 13.8. The Hall–Kier alpha value is -2.50. The van der Waals surface area contributed by atoms with Crippen LogP contribution in [0, 0.1) is 24.1 Å². The zero-order valence-corrected chi connectivity index (χ0v) is 13.5. The van der Waals surface area contributed by atoms with E-state index in [9.17, 15) is 17.6 Å². The zero-order chi connectivity index (χ0) is 17.4. The zero-order valence-electron chi connectivity index (χ0n) is 12.7. The summed E-state index contributed by atoms with van der Waals surface area (Å²) in [6.45, 7) is 1.63. The number of H-pyrrole nitrogens is 1. The SMILES string of the molecule is Cc1cc(-c2ccc(F)c(S(=O)(=O)N(C)C)c2)c(C#N)c(=O)[nH]1. The van der Waals surface area contributed by atoms with Crippen molar-refractivity contribution in [2.75, 3.05) is 14.1 Å². The number of aryl methyl sites for hydroxylation is 1. The Morgan fingerprint density at radius 3 is 2.48 bits per heavy atom. The van der Waals surface area contributed by atoms with Gasteiger partial charge in [-0.1, -0.05) is 6.07 Å². The van der Waals surface area contributed by atoms with Gasteiger partial charge in [-0.05, 0) is 30.7 Å². The fourth-order valence-electron chi connectivity index (χ4n) is 2.09. The van der Waals surface area contributed by atoms with E-state index in [2.05, 4.69) is 4.98 Å². The molecule has 0 saturated carbocycles. The molecule has 0 saturated heterocycles. The molecule has 0 aliphatic heterocycles. The van der Waals surface area contributed by atoms with Crippen molar-refractivity contribution in [2.45, 2.75) is 11.8 Å². The smallest absolute Gasteiger partial charge is 0.266 e. The molecule has 1 aromatic heterocycles. The molecule has 0 radical (unpaired) electrons. The first-order valence-corrected chi connectivity index (χ1v) is 7.99. The summed E-state index contributed by atoms with van der Waals surface area (Å²) in [6.07, 6.45) is 0. The Balaban J connectivity index is 2.79. The van der Waals surface area contributed by atoms with E-state index in [4.69, 9.17) is 5.26 Å². The lowest BCUT2D eigenvalue weighted by molar-refractivity contribution is 0.508. The lowest BCUT2D eigenvalue weighted by Gasteiger charge is -2.13. The Bertz CT molecular complexity index is 972. The first-order chi connectivity index (χ1) is 10.7. The molecule has 0 amide bonds. The molecule has 1 heterocycles. The second-order valence-electron chi connectivity index (χ2n) is 5.11. The van der Waals surface area contributed by atoms with Crippen LogP contribution in [0.3, 0.4) is 0 Å². The second kappa shape index (κ2) is 5.95. The highest BCUT2D eigenvalue weighted by Gasteiger charge is 2.23. The van der Waals surface area contributed by atoms with Crippen LogP contribution in [0.5, 0.6) is 0 Å². The molecule has 0 fully saturated rings. The number of sulfonamides is 1. The fourth-order valence-corrected chi connectivity index (χ4v) is 3.08. The third-order valence-corrected chi connectivity index (χ3v) is 5.11. The molecular formula is C15H14FN3O3S. The Kier molecular flexibility index (Phi) is 4.36. The van der Waals surface area contributed by atoms with Crippen molar-refractivity contribution in [3.63, 3.8) is 0 Å². The van der Waals surface area contributed by atoms with E-state index in [1.54, 1.807) is 19.1 Å². The summed E-state index contributed by atoms with van der Waals surface area (Å²) in [5.74, 6) is -0.900. The Morgan fingerprint density at radius 2 is 1.91 bits per heavy atom. The van der Waals surface area contributed by atoms with E-state index in [1.807, 2.05) is 0 Å². The van der Waals surface area contributed by atoms with Gasteiger partial charge in [-0.3, -0.25) is 4.79 Å². The van der Waals surface area contributed by atoms with Crippen molar-refractivity contribution in [2.24, 2.45) is 0 Å². The van der Waals surface area contributed by atoms with Crippen molar-refractivity contribution in [1.82, 2.24) is 9.29 Å². The number of aromatic nitrogens is 1. The van der Waals surface area contributed by atoms with E-state index in [0.717, 1.165) is 16.4 Å². The quantitative estimate of drug-likeness (QED) is 0.922. The third kappa shape index (κ3) is 3.02. The number of hydrogen-bond donors (Lipinski definition) is 1. The molecule has 0 bridgehead atoms. The molecule has 2 rings (SSSR count). The number of rotatable bonds is 3. The van der Waals surface area contributed by atoms with Crippen LogP contribution >= 0.6 is 0 Å². The van der Waals surface area contributed by atoms with Gasteiger partial charge in [0, 0.05) is 25.4 Å². The molecule has 0 unspecified atom stereocenters. The standard InChI is InChI=1S/C15H14FN3O3S/c1-9-6-11(12(8-17)15(20)18-9)10-4-5-13(16)14(7-10)23(21,22)19(2)3/h4-7H,1-3H3,(H,18,20). The fraction of sp³-hybridized carbons (Fsp3) is 0.200. The van der Waals surface area contributed by atoms with Gasteiger partial charge in [-0.2, -0.15) is 5.26 Å². The van der Waals surface area contributed by atoms with Gasteiger partial charge in [0.05, 0.1) is 0 Å². The number of nitrogens with zero attached hydrogens (tertiary/aromatic N) is 2. The molecule has 0 spiro atoms. The van der Waals surface area contributed by atoms with Crippen molar-refractivity contribution >= 4 is 10.0 Å². The van der Waals surface area contributed by atoms with E-state index in [-0.39, 0.29) is 16.7 Å². The Morgan fingerprint density at radius 1 is 1.26 bits per heavy atom. The lowest BCUT2D eigenvalue weighted by Crippen LogP contribution is -2.23. The van der Waals surface area contributed by atoms with Crippen LogP contribution in [0.4, 0.5) is 4.39 Å². The lowest BCUT2D eigenvalue weighted by atomic mass is 10.0. The number of benzene rings is 1. The second-order valence-corrected chi connectivity index (χ2v) is 7.23. The minimum Gasteiger partial charge on any atom is -0.325 e. The van der Waals surface area contributed by atoms with Gasteiger partial charge < -0.3 is 4.98 Å². The molecule has 6 nitrogen and oxygen atoms in total. The average Bonchev–Trinajstić information content (AvgIpc) is 2.46. The van der Waals surface area contributed by atoms with Crippen LogP contribution in [0.1, 0.15) is 11.3 Å². The maximum Gasteiger partial charge on any atom is 0.266 e. The molecule has 1 N–H and O–H groups in total. The number of nitriles is 1. The largest absolute Gasteiger partial charge is 0.325 e. The predicted molar refractivity (Wildman–Crippen MR) is 82.8 cm³/mol. The maximum absolute atomic E-state index is 13.9. The van der Waals surface area contributed by atoms with Gasteiger partial charge in [-0.15, -0.1) is 0 Å². The number of halogens is 1. The maximum atomic E-state index is 13.9. The van der Waals surface area contributed by atoms with Crippen molar-refractivity contribution in [3.05, 3.63) is 51.7 Å². The first kappa shape index (κ1) is 16.9. The number of nitrogens with one attached hydrogen (secondary N) is 1. The highest BCUT2D eigenvalue weighted by molar-refractivity contribution is 7.89. The number of aromatic amines is 1. The predicted octanol–water partition coefficient (Wildman–Crippen LogP) is 1.61. The molecule has 0 aliphatic rings. The summed E-state index contributed by atoms with van der Waals surface area (Å²) >= 11 is 0. The summed E-state index contributed by atoms with van der Waals surface area (Å²) in [6, 6.07) is 6.79. The molecule has 120 valence electrons. The van der Waals surface area contributed by atoms with Crippen LogP contribution in [-0.4, -0.2) is 31.8 Å². The van der Waals surface area contributed by atoms with Crippen LogP contribution in [-0.2, 0) is 10.0 Å². The van der Waals surface area contributed by atoms with E-state index >= 15 is 0 Å². The summed E-state index contributed by atoms with van der Waals surface area (Å²) < 4.78 is 39.2. The molecule has 0 atom stereocenters. The van der Waals surface area contributed by atoms with Crippen molar-refractivity contribution in [3.8, 4) is 17.2 Å². The number of hydrogen-bond acceptors (Lipinski definition) is 4. The van der Waals surface area contributed by atoms with Crippen LogP contribution in [0.2, 0.25) is 0 Å². The summed E-state index contributed by atoms with van der Waals surface area (Å²) in [5, 5.41) is 9.15. The van der Waals surface area contributed by atoms with Crippen molar-refractivity contribution in [1.29, 1.82) is 5.26 Å². The van der Waals surface area contributed by atoms with Crippen molar-refractivity contribution < 1.29 is 12.8 Å². The van der Waals surface area contributed by atoms with Gasteiger partial charge in [0.15, 0.2) is 0 Å². The first-order valence-electron chi connectivity index (χ1n) is 6.55. The minimum absolute atomic E-state index is 0.157. The summed E-state index contributed by atoms with van der Waals surface area (Å²) in [7, 11) is -1.41. The molecule has 2 aromatic rings. The number of pyridine rings is 1. The molecule has 0 aliphatic carbocycles. The highest BCUT2D eigenvalue weighted by atomic mass is 32.2. The van der Waals surface area contributed by atoms with E-state index in [0.29, 0.717) is 5.69 Å². The monoisotopic (exact) mass is 335 g/mol. The van der Waals surface area contributed by atoms with E-state index in [1.165, 1.54) is 20.2 Å². The van der Waals surface area contributed by atoms with E-state index < -0.39 is 26.3 Å². The van der Waals surface area contributed by atoms with Gasteiger partial charge >= 0.3 is 0 Å². The normalized spacial score (nSPS) is 11.5. The Labute approximate surface area is 132 Å². The van der Waals surface area contributed by atoms with Crippen LogP contribution in [0.25, 0.3) is 11.1 Å². The molecule has 1 aromatic carbocycles. The topological polar surface area (TPSA) is 94.0 Å². The van der Waals surface area contributed by atoms with Crippen LogP contribution in [0.15, 0.2) is 34.0 Å². The van der Waals surface area contributed by atoms with Gasteiger partial charge in [0.1, 0.15) is 22.3 Å². The van der Waals surface area contributed by atoms with Gasteiger partial charge in [0.2, 0.25) is 10.0 Å². The highest BCUT2D eigenvalue weighted by Crippen LogP contribution is 2.27. The summed E-state index contributed by atoms with van der Waals surface area (Å²) in [5.41, 5.74) is 0.297. The molecule has 23 heavy (non-hydrogen) atoms. The van der Waals surface area contributed by atoms with Crippen LogP contribution < -0.4 is 5.56 Å². The molecule has 8 heteroatoms. The minimum atomic E-state index is -3.99. The molecular weight excluding hydrogens is 321 g/mol. The van der Waals surface area contributed by atoms with Gasteiger partial charge in [0.25, 0.3) is 5.56 Å². The van der Waals surface area contributed by atoms with Gasteiger partial charge in [-0.25, -0.2) is 17.1 Å².